The van der Waals surface area contributed by atoms with E-state index in [1.165, 1.54) is 36.0 Å². The van der Waals surface area contributed by atoms with Crippen LogP contribution in [-0.4, -0.2) is 32.0 Å². The van der Waals surface area contributed by atoms with Gasteiger partial charge in [0.05, 0.1) is 6.10 Å². The Bertz CT molecular complexity index is 629. The van der Waals surface area contributed by atoms with Crippen LogP contribution in [0.5, 0.6) is 5.75 Å². The van der Waals surface area contributed by atoms with Crippen LogP contribution in [0.2, 0.25) is 0 Å². The fourth-order valence-corrected chi connectivity index (χ4v) is 2.84. The molecule has 5 nitrogen and oxygen atoms in total. The average molecular weight is 347 g/mol. The number of hydrogen-bond donors (Lipinski definition) is 1. The molecular weight excluding hydrogens is 331 g/mol. The molecule has 1 N–H and O–H groups in total. The number of benzene rings is 1. The molecule has 0 bridgehead atoms. The van der Waals surface area contributed by atoms with Gasteiger partial charge in [0.15, 0.2) is 5.16 Å². The second kappa shape index (κ2) is 7.22. The van der Waals surface area contributed by atoms with E-state index in [0.29, 0.717) is 16.5 Å². The van der Waals surface area contributed by atoms with Gasteiger partial charge in [0, 0.05) is 11.8 Å². The third-order valence-corrected chi connectivity index (χ3v) is 4.00. The lowest BCUT2D eigenvalue weighted by atomic mass is 10.1. The number of nitrogens with zero attached hydrogens (tertiary/aromatic N) is 3. The smallest absolute Gasteiger partial charge is 0.406 e. The third kappa shape index (κ3) is 5.14. The van der Waals surface area contributed by atoms with Crippen molar-refractivity contribution >= 4 is 11.8 Å². The fourth-order valence-electron chi connectivity index (χ4n) is 1.83. The summed E-state index contributed by atoms with van der Waals surface area (Å²) in [6, 6.07) is 5.35. The summed E-state index contributed by atoms with van der Waals surface area (Å²) in [5.74, 6) is -0.00843. The number of hydrogen-bond acceptors (Lipinski definition) is 5. The van der Waals surface area contributed by atoms with Gasteiger partial charge >= 0.3 is 6.36 Å². The predicted octanol–water partition coefficient (Wildman–Crippen LogP) is 3.58. The lowest BCUT2D eigenvalue weighted by Crippen LogP contribution is -2.17. The van der Waals surface area contributed by atoms with E-state index in [0.717, 1.165) is 0 Å². The quantitative estimate of drug-likeness (QED) is 0.810. The molecule has 1 aromatic carbocycles. The first-order valence-electron chi connectivity index (χ1n) is 6.82. The lowest BCUT2D eigenvalue weighted by molar-refractivity contribution is -0.274. The molecule has 0 aliphatic heterocycles. The summed E-state index contributed by atoms with van der Waals surface area (Å²) in [7, 11) is 0. The molecule has 1 aromatic heterocycles. The molecule has 0 aliphatic carbocycles. The summed E-state index contributed by atoms with van der Waals surface area (Å²) in [5, 5.41) is 18.6. The Balaban J connectivity index is 1.95. The zero-order valence-corrected chi connectivity index (χ0v) is 13.3. The Kier molecular flexibility index (Phi) is 5.53. The summed E-state index contributed by atoms with van der Waals surface area (Å²) < 4.78 is 41.9. The van der Waals surface area contributed by atoms with Gasteiger partial charge in [-0.05, 0) is 31.5 Å². The molecule has 126 valence electrons. The first kappa shape index (κ1) is 17.6. The number of thioether (sulfide) groups is 1. The second-order valence-corrected chi connectivity index (χ2v) is 6.05. The first-order chi connectivity index (χ1) is 10.8. The van der Waals surface area contributed by atoms with Crippen LogP contribution >= 0.6 is 11.8 Å². The highest BCUT2D eigenvalue weighted by Gasteiger charge is 2.31. The number of aliphatic hydroxyl groups is 1. The molecule has 23 heavy (non-hydrogen) atoms. The number of rotatable bonds is 6. The molecule has 0 fully saturated rings. The predicted molar refractivity (Wildman–Crippen MR) is 79.2 cm³/mol. The molecule has 0 saturated heterocycles. The zero-order valence-electron chi connectivity index (χ0n) is 12.5. The van der Waals surface area contributed by atoms with Crippen LogP contribution in [0.25, 0.3) is 0 Å². The Hall–Kier alpha value is -1.74. The Morgan fingerprint density at radius 2 is 1.91 bits per heavy atom. The Labute approximate surface area is 135 Å². The number of alkyl halides is 3. The van der Waals surface area contributed by atoms with E-state index in [1.807, 2.05) is 18.4 Å². The Morgan fingerprint density at radius 3 is 2.48 bits per heavy atom. The van der Waals surface area contributed by atoms with E-state index < -0.39 is 12.5 Å². The van der Waals surface area contributed by atoms with Gasteiger partial charge in [-0.25, -0.2) is 0 Å². The summed E-state index contributed by atoms with van der Waals surface area (Å²) in [4.78, 5) is 0. The average Bonchev–Trinajstić information content (AvgIpc) is 2.92. The maximum atomic E-state index is 12.1. The summed E-state index contributed by atoms with van der Waals surface area (Å²) in [6.45, 7) is 3.98. The van der Waals surface area contributed by atoms with Gasteiger partial charge in [-0.1, -0.05) is 23.9 Å². The number of halogens is 3. The topological polar surface area (TPSA) is 60.2 Å². The highest BCUT2D eigenvalue weighted by molar-refractivity contribution is 7.99. The van der Waals surface area contributed by atoms with Gasteiger partial charge in [-0.15, -0.1) is 23.4 Å². The van der Waals surface area contributed by atoms with E-state index in [4.69, 9.17) is 0 Å². The standard InChI is InChI=1S/C14H16F3N3O2S/c1-9(2)20-8-18-19-13(20)23-7-12(21)10-3-5-11(6-4-10)22-14(15,16)17/h3-6,8-9,12,21H,7H2,1-2H3. The summed E-state index contributed by atoms with van der Waals surface area (Å²) in [5.41, 5.74) is 0.502. The van der Waals surface area contributed by atoms with E-state index >= 15 is 0 Å². The SMILES string of the molecule is CC(C)n1cnnc1SCC(O)c1ccc(OC(F)(F)F)cc1. The van der Waals surface area contributed by atoms with E-state index in [2.05, 4.69) is 14.9 Å². The van der Waals surface area contributed by atoms with E-state index in [1.54, 1.807) is 6.33 Å². The first-order valence-corrected chi connectivity index (χ1v) is 7.81. The molecule has 1 heterocycles. The van der Waals surface area contributed by atoms with Crippen LogP contribution in [0, 0.1) is 0 Å². The maximum Gasteiger partial charge on any atom is 0.573 e. The fraction of sp³-hybridized carbons (Fsp3) is 0.429. The minimum Gasteiger partial charge on any atom is -0.406 e. The normalized spacial score (nSPS) is 13.3. The van der Waals surface area contributed by atoms with Crippen LogP contribution in [0.15, 0.2) is 35.7 Å². The largest absolute Gasteiger partial charge is 0.573 e. The van der Waals surface area contributed by atoms with Crippen molar-refractivity contribution in [3.05, 3.63) is 36.2 Å². The molecule has 0 radical (unpaired) electrons. The molecule has 2 rings (SSSR count). The summed E-state index contributed by atoms with van der Waals surface area (Å²) in [6.07, 6.45) is -3.95. The van der Waals surface area contributed by atoms with Gasteiger partial charge in [0.2, 0.25) is 0 Å². The molecule has 1 atom stereocenters. The van der Waals surface area contributed by atoms with Crippen LogP contribution < -0.4 is 4.74 Å². The third-order valence-electron chi connectivity index (χ3n) is 2.97. The van der Waals surface area contributed by atoms with Crippen molar-refractivity contribution < 1.29 is 23.0 Å². The van der Waals surface area contributed by atoms with Gasteiger partial charge < -0.3 is 14.4 Å². The van der Waals surface area contributed by atoms with Crippen molar-refractivity contribution in [3.8, 4) is 5.75 Å². The minimum atomic E-state index is -4.73. The minimum absolute atomic E-state index is 0.198. The zero-order chi connectivity index (χ0) is 17.0. The summed E-state index contributed by atoms with van der Waals surface area (Å²) >= 11 is 1.33. The molecule has 9 heteroatoms. The van der Waals surface area contributed by atoms with E-state index in [9.17, 15) is 18.3 Å². The van der Waals surface area contributed by atoms with Crippen LogP contribution in [0.1, 0.15) is 31.6 Å². The Morgan fingerprint density at radius 1 is 1.26 bits per heavy atom. The number of aliphatic hydroxyl groups excluding tert-OH is 1. The van der Waals surface area contributed by atoms with Crippen molar-refractivity contribution in [2.45, 2.75) is 37.5 Å². The van der Waals surface area contributed by atoms with Crippen molar-refractivity contribution in [2.24, 2.45) is 0 Å². The molecular formula is C14H16F3N3O2S. The molecule has 0 saturated carbocycles. The second-order valence-electron chi connectivity index (χ2n) is 5.06. The van der Waals surface area contributed by atoms with Crippen molar-refractivity contribution in [1.82, 2.24) is 14.8 Å². The van der Waals surface area contributed by atoms with Crippen molar-refractivity contribution in [1.29, 1.82) is 0 Å². The van der Waals surface area contributed by atoms with Gasteiger partial charge in [-0.2, -0.15) is 0 Å². The number of aromatic nitrogens is 3. The highest BCUT2D eigenvalue weighted by Crippen LogP contribution is 2.27. The van der Waals surface area contributed by atoms with Gasteiger partial charge in [0.1, 0.15) is 12.1 Å². The van der Waals surface area contributed by atoms with Crippen molar-refractivity contribution in [2.75, 3.05) is 5.75 Å². The van der Waals surface area contributed by atoms with Crippen molar-refractivity contribution in [3.63, 3.8) is 0 Å². The van der Waals surface area contributed by atoms with Crippen LogP contribution in [0.4, 0.5) is 13.2 Å². The molecule has 0 spiro atoms. The maximum absolute atomic E-state index is 12.1. The number of ether oxygens (including phenoxy) is 1. The lowest BCUT2D eigenvalue weighted by Gasteiger charge is -2.13. The van der Waals surface area contributed by atoms with Gasteiger partial charge in [0.25, 0.3) is 0 Å². The highest BCUT2D eigenvalue weighted by atomic mass is 32.2. The molecule has 1 unspecified atom stereocenters. The molecule has 0 amide bonds. The van der Waals surface area contributed by atoms with Crippen LogP contribution in [-0.2, 0) is 0 Å². The van der Waals surface area contributed by atoms with E-state index in [-0.39, 0.29) is 11.8 Å². The van der Waals surface area contributed by atoms with Crippen LogP contribution in [0.3, 0.4) is 0 Å². The molecule has 2 aromatic rings. The molecule has 0 aliphatic rings. The van der Waals surface area contributed by atoms with Gasteiger partial charge in [-0.3, -0.25) is 0 Å². The monoisotopic (exact) mass is 347 g/mol.